The van der Waals surface area contributed by atoms with Crippen LogP contribution in [0.3, 0.4) is 0 Å². The highest BCUT2D eigenvalue weighted by Crippen LogP contribution is 2.71. The van der Waals surface area contributed by atoms with Crippen LogP contribution in [0.5, 0.6) is 11.5 Å². The van der Waals surface area contributed by atoms with E-state index in [4.69, 9.17) is 22.6 Å². The third-order valence-corrected chi connectivity index (χ3v) is 12.1. The summed E-state index contributed by atoms with van der Waals surface area (Å²) >= 11 is 0. The molecule has 0 radical (unpaired) electrons. The van der Waals surface area contributed by atoms with Gasteiger partial charge < -0.3 is 18.9 Å². The van der Waals surface area contributed by atoms with Crippen molar-refractivity contribution in [2.45, 2.75) is 86.2 Å². The number of aryl methyl sites for hydroxylation is 2. The first kappa shape index (κ1) is 37.5. The van der Waals surface area contributed by atoms with Crippen molar-refractivity contribution in [1.29, 1.82) is 0 Å². The zero-order valence-electron chi connectivity index (χ0n) is 29.1. The van der Waals surface area contributed by atoms with Crippen molar-refractivity contribution in [3.05, 3.63) is 108 Å². The maximum absolute atomic E-state index is 14.2. The predicted molar refractivity (Wildman–Crippen MR) is 189 cm³/mol. The molecule has 4 rings (SSSR count). The highest BCUT2D eigenvalue weighted by molar-refractivity contribution is 8.33. The van der Waals surface area contributed by atoms with E-state index < -0.39 is 43.6 Å². The van der Waals surface area contributed by atoms with Gasteiger partial charge in [-0.05, 0) is 138 Å². The highest BCUT2D eigenvalue weighted by Gasteiger charge is 2.39. The average molecular weight is 709 g/mol. The van der Waals surface area contributed by atoms with Gasteiger partial charge in [0, 0.05) is 14.7 Å². The SMILES string of the molecule is Cc1ccc(S(=O)(=O)OS(c2ccc(OCC(=O)OC(C)(C)C)cc2)(c2ccc(OCC(=O)OC(C)(C)C)cc2)c2ccccc2C)cc1. The summed E-state index contributed by atoms with van der Waals surface area (Å²) in [4.78, 5) is 26.4. The van der Waals surface area contributed by atoms with Crippen molar-refractivity contribution in [2.75, 3.05) is 13.2 Å². The zero-order valence-corrected chi connectivity index (χ0v) is 30.8. The van der Waals surface area contributed by atoms with Crippen molar-refractivity contribution in [1.82, 2.24) is 0 Å². The third-order valence-electron chi connectivity index (χ3n) is 6.77. The fraction of sp³-hybridized carbons (Fsp3) is 0.316. The minimum atomic E-state index is -4.34. The second-order valence-corrected chi connectivity index (χ2v) is 17.8. The summed E-state index contributed by atoms with van der Waals surface area (Å²) in [6, 6.07) is 27.6. The Kier molecular flexibility index (Phi) is 11.5. The summed E-state index contributed by atoms with van der Waals surface area (Å²) < 4.78 is 56.9. The summed E-state index contributed by atoms with van der Waals surface area (Å²) in [5.41, 5.74) is 0.405. The quantitative estimate of drug-likeness (QED) is 0.134. The van der Waals surface area contributed by atoms with E-state index in [2.05, 4.69) is 0 Å². The number of hydrogen-bond acceptors (Lipinski definition) is 9. The molecule has 0 aliphatic rings. The lowest BCUT2D eigenvalue weighted by molar-refractivity contribution is -0.158. The first-order valence-electron chi connectivity index (χ1n) is 15.7. The van der Waals surface area contributed by atoms with Gasteiger partial charge in [-0.1, -0.05) is 35.9 Å². The Hall–Kier alpha value is -4.32. The molecule has 4 aromatic carbocycles. The largest absolute Gasteiger partial charge is 0.482 e. The van der Waals surface area contributed by atoms with Crippen LogP contribution in [0.4, 0.5) is 0 Å². The molecule has 0 amide bonds. The molecule has 0 heterocycles. The van der Waals surface area contributed by atoms with Crippen molar-refractivity contribution in [2.24, 2.45) is 0 Å². The fourth-order valence-corrected chi connectivity index (χ4v) is 10.1. The van der Waals surface area contributed by atoms with Crippen LogP contribution in [0.25, 0.3) is 0 Å². The van der Waals surface area contributed by atoms with Crippen LogP contribution in [0.1, 0.15) is 52.7 Å². The van der Waals surface area contributed by atoms with Crippen LogP contribution >= 0.6 is 10.3 Å². The van der Waals surface area contributed by atoms with Gasteiger partial charge in [0.2, 0.25) is 0 Å². The van der Waals surface area contributed by atoms with Crippen LogP contribution in [-0.4, -0.2) is 44.8 Å². The molecule has 0 N–H and O–H groups in total. The standard InChI is InChI=1S/C38H44O9S2/c1-27-13-19-33(20-14-27)49(41,42)47-48(34-12-10-9-11-28(34)2,31-21-15-29(16-22-31)43-25-35(39)45-37(3,4)5)32-23-17-30(18-24-32)44-26-36(40)46-38(6,7)8/h9-24H,25-26H2,1-8H3. The molecule has 0 fully saturated rings. The molecule has 262 valence electrons. The smallest absolute Gasteiger partial charge is 0.344 e. The van der Waals surface area contributed by atoms with Crippen LogP contribution in [0.15, 0.2) is 117 Å². The molecule has 0 spiro atoms. The van der Waals surface area contributed by atoms with Gasteiger partial charge in [0.15, 0.2) is 13.2 Å². The van der Waals surface area contributed by atoms with Crippen molar-refractivity contribution < 1.29 is 40.6 Å². The van der Waals surface area contributed by atoms with Crippen molar-refractivity contribution in [3.8, 4) is 11.5 Å². The fourth-order valence-electron chi connectivity index (χ4n) is 4.74. The molecule has 4 aromatic rings. The molecular weight excluding hydrogens is 665 g/mol. The van der Waals surface area contributed by atoms with Gasteiger partial charge in [0.1, 0.15) is 22.7 Å². The van der Waals surface area contributed by atoms with Gasteiger partial charge in [-0.25, -0.2) is 13.2 Å². The Bertz CT molecular complexity index is 1780. The van der Waals surface area contributed by atoms with E-state index in [0.29, 0.717) is 26.2 Å². The molecule has 0 aromatic heterocycles. The maximum atomic E-state index is 14.2. The van der Waals surface area contributed by atoms with Gasteiger partial charge in [0.25, 0.3) is 0 Å². The molecule has 9 nitrogen and oxygen atoms in total. The highest BCUT2D eigenvalue weighted by atomic mass is 32.3. The van der Waals surface area contributed by atoms with Crippen molar-refractivity contribution >= 4 is 32.4 Å². The molecule has 0 atom stereocenters. The lowest BCUT2D eigenvalue weighted by Gasteiger charge is -2.40. The number of carbonyl (C=O) groups excluding carboxylic acids is 2. The number of hydrogen-bond donors (Lipinski definition) is 0. The Balaban J connectivity index is 1.81. The number of benzene rings is 4. The third kappa shape index (κ3) is 10.1. The average Bonchev–Trinajstić information content (AvgIpc) is 3.01. The van der Waals surface area contributed by atoms with E-state index in [1.54, 1.807) is 102 Å². The summed E-state index contributed by atoms with van der Waals surface area (Å²) in [5.74, 6) is -0.254. The second kappa shape index (κ2) is 15.1. The second-order valence-electron chi connectivity index (χ2n) is 13.3. The molecule has 11 heteroatoms. The van der Waals surface area contributed by atoms with Crippen molar-refractivity contribution in [3.63, 3.8) is 0 Å². The van der Waals surface area contributed by atoms with E-state index >= 15 is 0 Å². The summed E-state index contributed by atoms with van der Waals surface area (Å²) in [6.45, 7) is 13.8. The number of carbonyl (C=O) groups is 2. The number of ether oxygens (including phenoxy) is 4. The summed E-state index contributed by atoms with van der Waals surface area (Å²) in [6.07, 6.45) is 0. The van der Waals surface area contributed by atoms with E-state index in [1.165, 1.54) is 12.1 Å². The Morgan fingerprint density at radius 1 is 0.571 bits per heavy atom. The van der Waals surface area contributed by atoms with Crippen LogP contribution in [-0.2, 0) is 32.8 Å². The molecule has 0 aliphatic heterocycles. The molecule has 0 saturated heterocycles. The Morgan fingerprint density at radius 3 is 1.39 bits per heavy atom. The van der Waals surface area contributed by atoms with Crippen LogP contribution in [0, 0.1) is 13.8 Å². The topological polar surface area (TPSA) is 114 Å². The Labute approximate surface area is 291 Å². The van der Waals surface area contributed by atoms with E-state index in [9.17, 15) is 18.0 Å². The zero-order chi connectivity index (χ0) is 36.0. The monoisotopic (exact) mass is 708 g/mol. The van der Waals surface area contributed by atoms with Gasteiger partial charge >= 0.3 is 22.1 Å². The first-order valence-corrected chi connectivity index (χ1v) is 18.7. The molecule has 0 bridgehead atoms. The van der Waals surface area contributed by atoms with Gasteiger partial charge in [0.05, 0.1) is 4.90 Å². The molecular formula is C38H44O9S2. The minimum Gasteiger partial charge on any atom is -0.482 e. The number of rotatable bonds is 12. The lowest BCUT2D eigenvalue weighted by Crippen LogP contribution is -2.27. The van der Waals surface area contributed by atoms with E-state index in [0.717, 1.165) is 11.1 Å². The lowest BCUT2D eigenvalue weighted by atomic mass is 10.2. The van der Waals surface area contributed by atoms with Gasteiger partial charge in [-0.3, -0.25) is 0 Å². The van der Waals surface area contributed by atoms with Gasteiger partial charge in [-0.15, -0.1) is 0 Å². The van der Waals surface area contributed by atoms with Crippen LogP contribution in [0.2, 0.25) is 0 Å². The molecule has 0 unspecified atom stereocenters. The molecule has 0 aliphatic carbocycles. The predicted octanol–water partition coefficient (Wildman–Crippen LogP) is 8.35. The number of esters is 2. The minimum absolute atomic E-state index is 0.0122. The summed E-state index contributed by atoms with van der Waals surface area (Å²) in [5, 5.41) is 0. The molecule has 49 heavy (non-hydrogen) atoms. The van der Waals surface area contributed by atoms with Gasteiger partial charge in [-0.2, -0.15) is 8.42 Å². The normalized spacial score (nSPS) is 12.6. The maximum Gasteiger partial charge on any atom is 0.344 e. The summed E-state index contributed by atoms with van der Waals surface area (Å²) in [7, 11) is -7.35. The molecule has 0 saturated carbocycles. The van der Waals surface area contributed by atoms with E-state index in [1.807, 2.05) is 38.1 Å². The van der Waals surface area contributed by atoms with Crippen LogP contribution < -0.4 is 9.47 Å². The van der Waals surface area contributed by atoms with E-state index in [-0.39, 0.29) is 18.1 Å². The Morgan fingerprint density at radius 2 is 0.980 bits per heavy atom. The first-order chi connectivity index (χ1) is 22.9.